The minimum atomic E-state index is 0.343. The molecule has 0 aromatic carbocycles. The van der Waals surface area contributed by atoms with Gasteiger partial charge in [-0.25, -0.2) is 9.97 Å². The molecule has 1 saturated heterocycles. The molecule has 0 spiro atoms. The fourth-order valence-electron chi connectivity index (χ4n) is 2.31. The van der Waals surface area contributed by atoms with Gasteiger partial charge in [0.15, 0.2) is 5.65 Å². The van der Waals surface area contributed by atoms with Gasteiger partial charge in [-0.2, -0.15) is 0 Å². The average molecular weight is 261 g/mol. The lowest BCUT2D eigenvalue weighted by Gasteiger charge is -2.22. The molecule has 2 aromatic heterocycles. The molecule has 0 bridgehead atoms. The van der Waals surface area contributed by atoms with Crippen LogP contribution in [0, 0.1) is 0 Å². The summed E-state index contributed by atoms with van der Waals surface area (Å²) in [6, 6.07) is 3.91. The van der Waals surface area contributed by atoms with Crippen molar-refractivity contribution in [3.8, 4) is 0 Å². The van der Waals surface area contributed by atoms with E-state index in [4.69, 9.17) is 4.74 Å². The number of hydrogen-bond donors (Lipinski definition) is 3. The summed E-state index contributed by atoms with van der Waals surface area (Å²) in [5.74, 6) is 1.67. The second kappa shape index (κ2) is 5.54. The van der Waals surface area contributed by atoms with Gasteiger partial charge in [-0.3, -0.25) is 0 Å². The number of aromatic amines is 1. The van der Waals surface area contributed by atoms with Crippen molar-refractivity contribution in [1.29, 1.82) is 0 Å². The van der Waals surface area contributed by atoms with E-state index in [-0.39, 0.29) is 0 Å². The normalized spacial score (nSPS) is 16.9. The lowest BCUT2D eigenvalue weighted by atomic mass is 10.1. The lowest BCUT2D eigenvalue weighted by molar-refractivity contribution is 0.0182. The highest BCUT2D eigenvalue weighted by Gasteiger charge is 2.14. The van der Waals surface area contributed by atoms with E-state index < -0.39 is 0 Å². The summed E-state index contributed by atoms with van der Waals surface area (Å²) in [7, 11) is 1.85. The van der Waals surface area contributed by atoms with Gasteiger partial charge in [-0.05, 0) is 38.1 Å². The number of nitrogens with one attached hydrogen (secondary N) is 3. The van der Waals surface area contributed by atoms with Crippen LogP contribution in [0.25, 0.3) is 11.2 Å². The van der Waals surface area contributed by atoms with Crippen LogP contribution >= 0.6 is 0 Å². The topological polar surface area (TPSA) is 74.9 Å². The number of H-pyrrole nitrogens is 1. The average Bonchev–Trinajstić information content (AvgIpc) is 2.88. The van der Waals surface area contributed by atoms with Crippen LogP contribution in [0.5, 0.6) is 0 Å². The van der Waals surface area contributed by atoms with E-state index in [9.17, 15) is 0 Å². The zero-order chi connectivity index (χ0) is 13.1. The predicted molar refractivity (Wildman–Crippen MR) is 74.1 cm³/mol. The smallest absolute Gasteiger partial charge is 0.179 e. The number of hydrogen-bond acceptors (Lipinski definition) is 5. The Balaban J connectivity index is 1.67. The van der Waals surface area contributed by atoms with E-state index >= 15 is 0 Å². The van der Waals surface area contributed by atoms with Crippen LogP contribution < -0.4 is 10.6 Å². The highest BCUT2D eigenvalue weighted by Crippen LogP contribution is 2.14. The van der Waals surface area contributed by atoms with Crippen molar-refractivity contribution in [2.24, 2.45) is 0 Å². The van der Waals surface area contributed by atoms with Gasteiger partial charge in [0.2, 0.25) is 0 Å². The largest absolute Gasteiger partial charge is 0.373 e. The number of imidazole rings is 1. The molecule has 1 fully saturated rings. The zero-order valence-corrected chi connectivity index (χ0v) is 11.1. The first-order chi connectivity index (χ1) is 9.35. The molecule has 0 saturated carbocycles. The SMILES string of the molecule is CNc1ccc2[nH]c(COC3CCNCC3)nc2n1. The van der Waals surface area contributed by atoms with Gasteiger partial charge in [-0.1, -0.05) is 0 Å². The Morgan fingerprint density at radius 3 is 2.95 bits per heavy atom. The maximum absolute atomic E-state index is 5.88. The molecule has 0 atom stereocenters. The van der Waals surface area contributed by atoms with Crippen molar-refractivity contribution in [1.82, 2.24) is 20.3 Å². The van der Waals surface area contributed by atoms with Crippen LogP contribution in [-0.4, -0.2) is 41.2 Å². The van der Waals surface area contributed by atoms with Gasteiger partial charge >= 0.3 is 0 Å². The van der Waals surface area contributed by atoms with E-state index in [0.717, 1.165) is 48.7 Å². The van der Waals surface area contributed by atoms with Crippen LogP contribution in [0.2, 0.25) is 0 Å². The second-order valence-corrected chi connectivity index (χ2v) is 4.76. The minimum absolute atomic E-state index is 0.343. The first-order valence-corrected chi connectivity index (χ1v) is 6.71. The van der Waals surface area contributed by atoms with E-state index in [1.807, 2.05) is 19.2 Å². The van der Waals surface area contributed by atoms with E-state index in [1.54, 1.807) is 0 Å². The van der Waals surface area contributed by atoms with Gasteiger partial charge in [0.05, 0.1) is 11.6 Å². The third-order valence-electron chi connectivity index (χ3n) is 3.39. The molecule has 102 valence electrons. The van der Waals surface area contributed by atoms with Crippen LogP contribution in [0.1, 0.15) is 18.7 Å². The van der Waals surface area contributed by atoms with Gasteiger partial charge in [0.25, 0.3) is 0 Å². The summed E-state index contributed by atoms with van der Waals surface area (Å²) in [5.41, 5.74) is 1.68. The van der Waals surface area contributed by atoms with Crippen molar-refractivity contribution in [3.63, 3.8) is 0 Å². The highest BCUT2D eigenvalue weighted by atomic mass is 16.5. The molecule has 2 aromatic rings. The maximum atomic E-state index is 5.88. The molecular formula is C13H19N5O. The Bertz CT molecular complexity index is 547. The Kier molecular flexibility index (Phi) is 3.61. The summed E-state index contributed by atoms with van der Waals surface area (Å²) in [6.07, 6.45) is 2.49. The van der Waals surface area contributed by atoms with Crippen molar-refractivity contribution in [2.45, 2.75) is 25.6 Å². The van der Waals surface area contributed by atoms with Crippen LogP contribution in [0.4, 0.5) is 5.82 Å². The van der Waals surface area contributed by atoms with E-state index in [1.165, 1.54) is 0 Å². The summed E-state index contributed by atoms with van der Waals surface area (Å²) < 4.78 is 5.88. The molecule has 0 aliphatic carbocycles. The standard InChI is InChI=1S/C13H19N5O/c1-14-11-3-2-10-13(17-11)18-12(16-10)8-19-9-4-6-15-7-5-9/h2-3,9,15H,4-8H2,1H3,(H2,14,16,17,18). The van der Waals surface area contributed by atoms with Crippen LogP contribution in [-0.2, 0) is 11.3 Å². The quantitative estimate of drug-likeness (QED) is 0.773. The van der Waals surface area contributed by atoms with E-state index in [2.05, 4.69) is 25.6 Å². The van der Waals surface area contributed by atoms with Gasteiger partial charge in [-0.15, -0.1) is 0 Å². The van der Waals surface area contributed by atoms with Crippen LogP contribution in [0.15, 0.2) is 12.1 Å². The molecular weight excluding hydrogens is 242 g/mol. The molecule has 19 heavy (non-hydrogen) atoms. The third-order valence-corrected chi connectivity index (χ3v) is 3.39. The second-order valence-electron chi connectivity index (χ2n) is 4.76. The Labute approximate surface area is 112 Å². The summed E-state index contributed by atoms with van der Waals surface area (Å²) >= 11 is 0. The minimum Gasteiger partial charge on any atom is -0.373 e. The van der Waals surface area contributed by atoms with Gasteiger partial charge < -0.3 is 20.4 Å². The number of nitrogens with zero attached hydrogens (tertiary/aromatic N) is 2. The Morgan fingerprint density at radius 1 is 1.32 bits per heavy atom. The molecule has 0 unspecified atom stereocenters. The monoisotopic (exact) mass is 261 g/mol. The lowest BCUT2D eigenvalue weighted by Crippen LogP contribution is -2.32. The number of anilines is 1. The number of piperidine rings is 1. The number of rotatable bonds is 4. The molecule has 3 rings (SSSR count). The maximum Gasteiger partial charge on any atom is 0.179 e. The van der Waals surface area contributed by atoms with Crippen molar-refractivity contribution >= 4 is 17.0 Å². The first kappa shape index (κ1) is 12.4. The highest BCUT2D eigenvalue weighted by molar-refractivity contribution is 5.72. The number of fused-ring (bicyclic) bond motifs is 1. The molecule has 1 aliphatic heterocycles. The zero-order valence-electron chi connectivity index (χ0n) is 11.1. The Morgan fingerprint density at radius 2 is 2.16 bits per heavy atom. The molecule has 3 heterocycles. The molecule has 0 amide bonds. The van der Waals surface area contributed by atoms with Crippen molar-refractivity contribution in [3.05, 3.63) is 18.0 Å². The molecule has 3 N–H and O–H groups in total. The van der Waals surface area contributed by atoms with Crippen molar-refractivity contribution in [2.75, 3.05) is 25.5 Å². The fourth-order valence-corrected chi connectivity index (χ4v) is 2.31. The fraction of sp³-hybridized carbons (Fsp3) is 0.538. The predicted octanol–water partition coefficient (Wildman–Crippen LogP) is 1.27. The number of pyridine rings is 1. The molecule has 0 radical (unpaired) electrons. The van der Waals surface area contributed by atoms with Gasteiger partial charge in [0, 0.05) is 7.05 Å². The number of ether oxygens (including phenoxy) is 1. The summed E-state index contributed by atoms with van der Waals surface area (Å²) in [4.78, 5) is 12.1. The molecule has 6 nitrogen and oxygen atoms in total. The van der Waals surface area contributed by atoms with Gasteiger partial charge in [0.1, 0.15) is 18.2 Å². The third kappa shape index (κ3) is 2.85. The first-order valence-electron chi connectivity index (χ1n) is 6.71. The van der Waals surface area contributed by atoms with E-state index in [0.29, 0.717) is 12.7 Å². The Hall–Kier alpha value is -1.66. The molecule has 1 aliphatic rings. The van der Waals surface area contributed by atoms with Crippen molar-refractivity contribution < 1.29 is 4.74 Å². The number of aromatic nitrogens is 3. The summed E-state index contributed by atoms with van der Waals surface area (Å²) in [6.45, 7) is 2.60. The molecule has 6 heteroatoms. The summed E-state index contributed by atoms with van der Waals surface area (Å²) in [5, 5.41) is 6.34. The van der Waals surface area contributed by atoms with Crippen LogP contribution in [0.3, 0.4) is 0 Å².